The minimum Gasteiger partial charge on any atom is -0.506 e. The number of amides is 1. The van der Waals surface area contributed by atoms with Crippen molar-refractivity contribution in [3.05, 3.63) is 46.9 Å². The van der Waals surface area contributed by atoms with Crippen molar-refractivity contribution in [2.75, 3.05) is 16.2 Å². The highest BCUT2D eigenvalue weighted by Gasteiger charge is 2.37. The van der Waals surface area contributed by atoms with E-state index in [4.69, 9.17) is 5.26 Å². The third-order valence-electron chi connectivity index (χ3n) is 3.88. The van der Waals surface area contributed by atoms with E-state index in [1.165, 1.54) is 12.3 Å². The number of carbonyl (C=O) groups excluding carboxylic acids is 1. The normalized spacial score (nSPS) is 15.3. The largest absolute Gasteiger partial charge is 0.506 e. The number of nitriles is 1. The van der Waals surface area contributed by atoms with E-state index in [0.717, 1.165) is 11.6 Å². The maximum absolute atomic E-state index is 14.4. The van der Waals surface area contributed by atoms with Gasteiger partial charge in [0.2, 0.25) is 0 Å². The van der Waals surface area contributed by atoms with Gasteiger partial charge in [-0.3, -0.25) is 4.79 Å². The van der Waals surface area contributed by atoms with Crippen LogP contribution in [0.2, 0.25) is 0 Å². The van der Waals surface area contributed by atoms with Crippen molar-refractivity contribution in [3.63, 3.8) is 0 Å². The molecule has 1 aliphatic heterocycles. The molecular weight excluding hydrogens is 377 g/mol. The summed E-state index contributed by atoms with van der Waals surface area (Å²) >= 11 is 0. The first kappa shape index (κ1) is 18.4. The molecule has 0 unspecified atom stereocenters. The number of aromatic nitrogens is 1. The van der Waals surface area contributed by atoms with Gasteiger partial charge in [0.05, 0.1) is 5.56 Å². The van der Waals surface area contributed by atoms with E-state index in [0.29, 0.717) is 21.2 Å². The van der Waals surface area contributed by atoms with E-state index in [1.807, 2.05) is 6.07 Å². The Morgan fingerprint density at radius 3 is 2.74 bits per heavy atom. The maximum Gasteiger partial charge on any atom is 0.326 e. The van der Waals surface area contributed by atoms with Crippen LogP contribution in [0.1, 0.15) is 16.7 Å². The molecule has 140 valence electrons. The molecule has 0 aliphatic carbocycles. The number of anilines is 2. The van der Waals surface area contributed by atoms with Crippen LogP contribution in [0, 0.1) is 24.1 Å². The van der Waals surface area contributed by atoms with E-state index in [2.05, 4.69) is 10.3 Å². The molecule has 1 saturated heterocycles. The molecule has 1 amide bonds. The molecule has 1 fully saturated rings. The van der Waals surface area contributed by atoms with Gasteiger partial charge < -0.3 is 10.4 Å². The van der Waals surface area contributed by atoms with Crippen molar-refractivity contribution in [3.8, 4) is 11.8 Å². The number of hydrogen-bond donors (Lipinski definition) is 3. The lowest BCUT2D eigenvalue weighted by molar-refractivity contribution is -0.117. The van der Waals surface area contributed by atoms with E-state index >= 15 is 0 Å². The summed E-state index contributed by atoms with van der Waals surface area (Å²) in [6, 6.07) is 5.90. The minimum absolute atomic E-state index is 0.0903. The first-order valence-corrected chi connectivity index (χ1v) is 9.10. The van der Waals surface area contributed by atoms with Crippen LogP contribution < -0.4 is 14.3 Å². The fourth-order valence-electron chi connectivity index (χ4n) is 2.60. The number of pyridine rings is 1. The van der Waals surface area contributed by atoms with E-state index in [1.54, 1.807) is 17.7 Å². The summed E-state index contributed by atoms with van der Waals surface area (Å²) in [5, 5.41) is 21.9. The predicted molar refractivity (Wildman–Crippen MR) is 93.5 cm³/mol. The SMILES string of the molecule is Cc1cc(NCc2cc(O)c(N3CC(=O)NS3(=O)=O)c(F)c2)ncc1C#N. The Morgan fingerprint density at radius 2 is 2.19 bits per heavy atom. The summed E-state index contributed by atoms with van der Waals surface area (Å²) in [5.74, 6) is -1.97. The smallest absolute Gasteiger partial charge is 0.326 e. The van der Waals surface area contributed by atoms with Gasteiger partial charge in [0.1, 0.15) is 29.9 Å². The average Bonchev–Trinajstić information content (AvgIpc) is 2.85. The summed E-state index contributed by atoms with van der Waals surface area (Å²) in [6.45, 7) is 1.23. The molecule has 1 aromatic heterocycles. The molecule has 0 saturated carbocycles. The summed E-state index contributed by atoms with van der Waals surface area (Å²) in [5.41, 5.74) is 0.886. The second-order valence-corrected chi connectivity index (χ2v) is 7.43. The molecular formula is C16H14FN5O4S. The zero-order valence-electron chi connectivity index (χ0n) is 14.0. The molecule has 3 N–H and O–H groups in total. The number of carbonyl (C=O) groups is 1. The van der Waals surface area contributed by atoms with Gasteiger partial charge in [-0.15, -0.1) is 0 Å². The molecule has 2 heterocycles. The molecule has 3 rings (SSSR count). The molecule has 27 heavy (non-hydrogen) atoms. The number of nitrogens with one attached hydrogen (secondary N) is 2. The lowest BCUT2D eigenvalue weighted by atomic mass is 10.1. The Hall–Kier alpha value is -3.39. The van der Waals surface area contributed by atoms with Crippen molar-refractivity contribution in [1.29, 1.82) is 5.26 Å². The molecule has 1 aromatic carbocycles. The number of hydrogen-bond acceptors (Lipinski definition) is 7. The second kappa shape index (κ2) is 6.73. The van der Waals surface area contributed by atoms with Crippen LogP contribution in [0.5, 0.6) is 5.75 Å². The van der Waals surface area contributed by atoms with Gasteiger partial charge in [0.25, 0.3) is 5.91 Å². The fraction of sp³-hybridized carbons (Fsp3) is 0.188. The van der Waals surface area contributed by atoms with Crippen LogP contribution in [0.3, 0.4) is 0 Å². The number of phenolic OH excluding ortho intramolecular Hbond substituents is 1. The quantitative estimate of drug-likeness (QED) is 0.704. The molecule has 0 spiro atoms. The van der Waals surface area contributed by atoms with Crippen LogP contribution in [0.15, 0.2) is 24.4 Å². The fourth-order valence-corrected chi connectivity index (χ4v) is 3.77. The first-order chi connectivity index (χ1) is 12.7. The van der Waals surface area contributed by atoms with E-state index in [-0.39, 0.29) is 6.54 Å². The number of rotatable bonds is 4. The van der Waals surface area contributed by atoms with Crippen molar-refractivity contribution >= 4 is 27.6 Å². The van der Waals surface area contributed by atoms with Gasteiger partial charge in [-0.1, -0.05) is 0 Å². The van der Waals surface area contributed by atoms with E-state index < -0.39 is 39.9 Å². The van der Waals surface area contributed by atoms with Crippen molar-refractivity contribution in [1.82, 2.24) is 9.71 Å². The molecule has 0 radical (unpaired) electrons. The Morgan fingerprint density at radius 1 is 1.44 bits per heavy atom. The number of nitrogens with zero attached hydrogens (tertiary/aromatic N) is 3. The molecule has 0 atom stereocenters. The predicted octanol–water partition coefficient (Wildman–Crippen LogP) is 0.900. The van der Waals surface area contributed by atoms with E-state index in [9.17, 15) is 22.7 Å². The lowest BCUT2D eigenvalue weighted by Gasteiger charge is -2.18. The zero-order valence-corrected chi connectivity index (χ0v) is 14.8. The maximum atomic E-state index is 14.4. The number of aryl methyl sites for hydroxylation is 1. The van der Waals surface area contributed by atoms with Crippen LogP contribution in [0.25, 0.3) is 0 Å². The number of halogens is 1. The highest BCUT2D eigenvalue weighted by atomic mass is 32.2. The molecule has 0 bridgehead atoms. The summed E-state index contributed by atoms with van der Waals surface area (Å²) in [7, 11) is -4.23. The Labute approximate surface area is 154 Å². The van der Waals surface area contributed by atoms with Crippen LogP contribution >= 0.6 is 0 Å². The Bertz CT molecular complexity index is 1060. The number of phenols is 1. The first-order valence-electron chi connectivity index (χ1n) is 7.66. The molecule has 11 heteroatoms. The standard InChI is InChI=1S/C16H14FN5O4S/c1-9-2-14(20-7-11(9)5-18)19-6-10-3-12(17)16(13(23)4-10)22-8-15(24)21-27(22,25)26/h2-4,7,23H,6,8H2,1H3,(H,19,20)(H,21,24). The Balaban J connectivity index is 1.82. The number of aromatic hydroxyl groups is 1. The highest BCUT2D eigenvalue weighted by Crippen LogP contribution is 2.34. The summed E-state index contributed by atoms with van der Waals surface area (Å²) in [4.78, 5) is 15.3. The van der Waals surface area contributed by atoms with Crippen molar-refractivity contribution < 1.29 is 22.7 Å². The van der Waals surface area contributed by atoms with Gasteiger partial charge >= 0.3 is 10.2 Å². The zero-order chi connectivity index (χ0) is 19.8. The summed E-state index contributed by atoms with van der Waals surface area (Å²) < 4.78 is 40.3. The lowest BCUT2D eigenvalue weighted by Crippen LogP contribution is -2.30. The van der Waals surface area contributed by atoms with Crippen LogP contribution in [-0.4, -0.2) is 31.0 Å². The Kier molecular flexibility index (Phi) is 4.59. The number of benzene rings is 1. The molecule has 2 aromatic rings. The third-order valence-corrected chi connectivity index (χ3v) is 5.26. The highest BCUT2D eigenvalue weighted by molar-refractivity contribution is 7.92. The average molecular weight is 391 g/mol. The van der Waals surface area contributed by atoms with Gasteiger partial charge in [-0.05, 0) is 36.2 Å². The summed E-state index contributed by atoms with van der Waals surface area (Å²) in [6.07, 6.45) is 1.40. The van der Waals surface area contributed by atoms with Crippen LogP contribution in [-0.2, 0) is 21.5 Å². The van der Waals surface area contributed by atoms with Gasteiger partial charge in [-0.2, -0.15) is 13.7 Å². The van der Waals surface area contributed by atoms with Gasteiger partial charge in [0, 0.05) is 12.7 Å². The van der Waals surface area contributed by atoms with Gasteiger partial charge in [0.15, 0.2) is 5.82 Å². The second-order valence-electron chi connectivity index (χ2n) is 5.83. The molecule has 1 aliphatic rings. The molecule has 9 nitrogen and oxygen atoms in total. The van der Waals surface area contributed by atoms with Crippen molar-refractivity contribution in [2.24, 2.45) is 0 Å². The monoisotopic (exact) mass is 391 g/mol. The van der Waals surface area contributed by atoms with Gasteiger partial charge in [-0.25, -0.2) is 18.4 Å². The topological polar surface area (TPSA) is 135 Å². The third kappa shape index (κ3) is 3.61. The van der Waals surface area contributed by atoms with Crippen molar-refractivity contribution in [2.45, 2.75) is 13.5 Å². The minimum atomic E-state index is -4.23. The van der Waals surface area contributed by atoms with Crippen LogP contribution in [0.4, 0.5) is 15.9 Å².